The summed E-state index contributed by atoms with van der Waals surface area (Å²) in [6.07, 6.45) is 0. The van der Waals surface area contributed by atoms with Crippen LogP contribution in [-0.2, 0) is 13.6 Å². The van der Waals surface area contributed by atoms with E-state index in [1.807, 2.05) is 20.9 Å². The minimum atomic E-state index is -0.777. The van der Waals surface area contributed by atoms with Gasteiger partial charge >= 0.3 is 0 Å². The highest BCUT2D eigenvalue weighted by Crippen LogP contribution is 2.22. The van der Waals surface area contributed by atoms with Crippen molar-refractivity contribution in [2.24, 2.45) is 7.05 Å². The van der Waals surface area contributed by atoms with Crippen LogP contribution >= 0.6 is 0 Å². The molecule has 1 heterocycles. The standard InChI is InChI=1S/C14H14F2N4/c1-8-11(9(2)20(3)19-8)7-18-14-12(15)4-10(6-17)5-13(14)16/h4-5,18H,7H2,1-3H3. The van der Waals surface area contributed by atoms with Crippen LogP contribution in [0, 0.1) is 36.8 Å². The van der Waals surface area contributed by atoms with E-state index in [1.54, 1.807) is 10.8 Å². The Labute approximate surface area is 115 Å². The Morgan fingerprint density at radius 2 is 1.90 bits per heavy atom. The Balaban J connectivity index is 2.26. The van der Waals surface area contributed by atoms with Crippen LogP contribution in [0.1, 0.15) is 22.5 Å². The summed E-state index contributed by atoms with van der Waals surface area (Å²) in [5, 5.41) is 15.6. The van der Waals surface area contributed by atoms with Gasteiger partial charge in [0.25, 0.3) is 0 Å². The first kappa shape index (κ1) is 14.0. The van der Waals surface area contributed by atoms with Gasteiger partial charge in [-0.15, -0.1) is 0 Å². The zero-order chi connectivity index (χ0) is 14.9. The predicted octanol–water partition coefficient (Wildman–Crippen LogP) is 2.80. The molecule has 0 atom stereocenters. The molecule has 104 valence electrons. The SMILES string of the molecule is Cc1nn(C)c(C)c1CNc1c(F)cc(C#N)cc1F. The summed E-state index contributed by atoms with van der Waals surface area (Å²) in [7, 11) is 1.81. The monoisotopic (exact) mass is 276 g/mol. The van der Waals surface area contributed by atoms with Gasteiger partial charge in [0.2, 0.25) is 0 Å². The molecule has 0 amide bonds. The van der Waals surface area contributed by atoms with Gasteiger partial charge in [-0.2, -0.15) is 10.4 Å². The Morgan fingerprint density at radius 3 is 2.35 bits per heavy atom. The summed E-state index contributed by atoms with van der Waals surface area (Å²) in [5.74, 6) is -1.55. The Bertz CT molecular complexity index is 675. The summed E-state index contributed by atoms with van der Waals surface area (Å²) < 4.78 is 29.2. The number of nitriles is 1. The molecule has 2 aromatic rings. The molecule has 0 saturated carbocycles. The average Bonchev–Trinajstić information content (AvgIpc) is 2.63. The van der Waals surface area contributed by atoms with Gasteiger partial charge in [-0.05, 0) is 26.0 Å². The van der Waals surface area contributed by atoms with Crippen molar-refractivity contribution < 1.29 is 8.78 Å². The molecule has 0 fully saturated rings. The van der Waals surface area contributed by atoms with Crippen LogP contribution in [0.15, 0.2) is 12.1 Å². The molecule has 0 saturated heterocycles. The van der Waals surface area contributed by atoms with E-state index in [4.69, 9.17) is 5.26 Å². The zero-order valence-corrected chi connectivity index (χ0v) is 11.5. The maximum absolute atomic E-state index is 13.7. The van der Waals surface area contributed by atoms with E-state index >= 15 is 0 Å². The lowest BCUT2D eigenvalue weighted by molar-refractivity contribution is 0.587. The van der Waals surface area contributed by atoms with Crippen LogP contribution in [0.3, 0.4) is 0 Å². The van der Waals surface area contributed by atoms with Gasteiger partial charge in [0.05, 0.1) is 17.3 Å². The van der Waals surface area contributed by atoms with E-state index in [9.17, 15) is 8.78 Å². The number of benzene rings is 1. The Kier molecular flexibility index (Phi) is 3.70. The molecule has 20 heavy (non-hydrogen) atoms. The van der Waals surface area contributed by atoms with Crippen LogP contribution in [0.4, 0.5) is 14.5 Å². The van der Waals surface area contributed by atoms with Crippen molar-refractivity contribution in [2.75, 3.05) is 5.32 Å². The van der Waals surface area contributed by atoms with Crippen LogP contribution in [0.5, 0.6) is 0 Å². The molecular formula is C14H14F2N4. The number of aromatic nitrogens is 2. The minimum absolute atomic E-state index is 0.0423. The molecule has 0 spiro atoms. The van der Waals surface area contributed by atoms with Crippen LogP contribution in [0.2, 0.25) is 0 Å². The highest BCUT2D eigenvalue weighted by Gasteiger charge is 2.14. The molecule has 1 N–H and O–H groups in total. The van der Waals surface area contributed by atoms with Gasteiger partial charge in [0, 0.05) is 24.8 Å². The lowest BCUT2D eigenvalue weighted by atomic mass is 10.1. The molecule has 0 aliphatic carbocycles. The van der Waals surface area contributed by atoms with Gasteiger partial charge < -0.3 is 5.32 Å². The van der Waals surface area contributed by atoms with Crippen LogP contribution in [-0.4, -0.2) is 9.78 Å². The third-order valence-corrected chi connectivity index (χ3v) is 3.27. The van der Waals surface area contributed by atoms with Gasteiger partial charge in [0.15, 0.2) is 11.6 Å². The number of rotatable bonds is 3. The highest BCUT2D eigenvalue weighted by molar-refractivity contribution is 5.51. The number of hydrogen-bond acceptors (Lipinski definition) is 3. The van der Waals surface area contributed by atoms with Crippen molar-refractivity contribution in [3.05, 3.63) is 46.3 Å². The smallest absolute Gasteiger partial charge is 0.150 e. The largest absolute Gasteiger partial charge is 0.376 e. The van der Waals surface area contributed by atoms with E-state index < -0.39 is 11.6 Å². The van der Waals surface area contributed by atoms with Crippen molar-refractivity contribution in [1.82, 2.24) is 9.78 Å². The van der Waals surface area contributed by atoms with Crippen molar-refractivity contribution in [3.8, 4) is 6.07 Å². The van der Waals surface area contributed by atoms with Gasteiger partial charge in [-0.1, -0.05) is 0 Å². The molecule has 1 aromatic heterocycles. The maximum atomic E-state index is 13.7. The first-order chi connectivity index (χ1) is 9.43. The summed E-state index contributed by atoms with van der Waals surface area (Å²) in [6, 6.07) is 3.73. The molecule has 0 aliphatic heterocycles. The predicted molar refractivity (Wildman–Crippen MR) is 71.1 cm³/mol. The van der Waals surface area contributed by atoms with E-state index in [-0.39, 0.29) is 17.8 Å². The fraction of sp³-hybridized carbons (Fsp3) is 0.286. The molecule has 0 aliphatic rings. The van der Waals surface area contributed by atoms with E-state index in [0.717, 1.165) is 29.1 Å². The Hall–Kier alpha value is -2.42. The molecule has 1 aromatic carbocycles. The van der Waals surface area contributed by atoms with Gasteiger partial charge in [-0.25, -0.2) is 8.78 Å². The minimum Gasteiger partial charge on any atom is -0.376 e. The zero-order valence-electron chi connectivity index (χ0n) is 11.5. The lowest BCUT2D eigenvalue weighted by Crippen LogP contribution is -2.06. The lowest BCUT2D eigenvalue weighted by Gasteiger charge is -2.09. The third kappa shape index (κ3) is 2.48. The molecule has 0 radical (unpaired) electrons. The number of nitrogens with zero attached hydrogens (tertiary/aromatic N) is 3. The van der Waals surface area contributed by atoms with Crippen LogP contribution < -0.4 is 5.32 Å². The van der Waals surface area contributed by atoms with Crippen LogP contribution in [0.25, 0.3) is 0 Å². The van der Waals surface area contributed by atoms with E-state index in [0.29, 0.717) is 0 Å². The Morgan fingerprint density at radius 1 is 1.30 bits per heavy atom. The first-order valence-corrected chi connectivity index (χ1v) is 6.06. The summed E-state index contributed by atoms with van der Waals surface area (Å²) >= 11 is 0. The number of anilines is 1. The quantitative estimate of drug-likeness (QED) is 0.937. The third-order valence-electron chi connectivity index (χ3n) is 3.27. The summed E-state index contributed by atoms with van der Waals surface area (Å²) in [4.78, 5) is 0. The number of aryl methyl sites for hydroxylation is 2. The highest BCUT2D eigenvalue weighted by atomic mass is 19.1. The topological polar surface area (TPSA) is 53.6 Å². The second-order valence-electron chi connectivity index (χ2n) is 4.55. The molecule has 2 rings (SSSR count). The summed E-state index contributed by atoms with van der Waals surface area (Å²) in [6.45, 7) is 4.00. The molecule has 4 nitrogen and oxygen atoms in total. The number of halogens is 2. The number of nitrogens with one attached hydrogen (secondary N) is 1. The molecule has 6 heteroatoms. The first-order valence-electron chi connectivity index (χ1n) is 6.06. The molecule has 0 bridgehead atoms. The van der Waals surface area contributed by atoms with Crippen molar-refractivity contribution in [1.29, 1.82) is 5.26 Å². The molecular weight excluding hydrogens is 262 g/mol. The number of hydrogen-bond donors (Lipinski definition) is 1. The second kappa shape index (κ2) is 5.29. The van der Waals surface area contributed by atoms with Gasteiger partial charge in [-0.3, -0.25) is 4.68 Å². The fourth-order valence-corrected chi connectivity index (χ4v) is 2.06. The van der Waals surface area contributed by atoms with Crippen molar-refractivity contribution in [2.45, 2.75) is 20.4 Å². The van der Waals surface area contributed by atoms with E-state index in [2.05, 4.69) is 10.4 Å². The van der Waals surface area contributed by atoms with Crippen molar-refractivity contribution >= 4 is 5.69 Å². The average molecular weight is 276 g/mol. The van der Waals surface area contributed by atoms with Gasteiger partial charge in [0.1, 0.15) is 5.69 Å². The molecule has 0 unspecified atom stereocenters. The normalized spacial score (nSPS) is 10.4. The summed E-state index contributed by atoms with van der Waals surface area (Å²) in [5.41, 5.74) is 2.37. The van der Waals surface area contributed by atoms with Crippen molar-refractivity contribution in [3.63, 3.8) is 0 Å². The van der Waals surface area contributed by atoms with E-state index in [1.165, 1.54) is 0 Å². The fourth-order valence-electron chi connectivity index (χ4n) is 2.06. The second-order valence-corrected chi connectivity index (χ2v) is 4.55. The maximum Gasteiger partial charge on any atom is 0.150 e.